The summed E-state index contributed by atoms with van der Waals surface area (Å²) in [4.78, 5) is 11.2. The van der Waals surface area contributed by atoms with Gasteiger partial charge < -0.3 is 16.2 Å². The number of nitrogens with two attached hydrogens (primary N) is 1. The summed E-state index contributed by atoms with van der Waals surface area (Å²) in [6.07, 6.45) is 1.20. The Morgan fingerprint density at radius 1 is 1.37 bits per heavy atom. The summed E-state index contributed by atoms with van der Waals surface area (Å²) in [5, 5.41) is 13.7. The van der Waals surface area contributed by atoms with Gasteiger partial charge in [0.05, 0.1) is 21.1 Å². The standard InChI is InChI=1S/C12H13Cl3N2O2/c13-6-4-8(18)9(11(15)10(6)14)5-1-2-17-7(3-5)12(16)19/h4-5,7,17-18H,1-3H2,(H2,16,19)/t5?,7-/m0/s1. The Morgan fingerprint density at radius 3 is 2.68 bits per heavy atom. The van der Waals surface area contributed by atoms with Crippen molar-refractivity contribution in [3.63, 3.8) is 0 Å². The summed E-state index contributed by atoms with van der Waals surface area (Å²) in [6.45, 7) is 0.619. The van der Waals surface area contributed by atoms with Crippen molar-refractivity contribution in [1.82, 2.24) is 5.32 Å². The van der Waals surface area contributed by atoms with Gasteiger partial charge in [-0.2, -0.15) is 0 Å². The Bertz CT molecular complexity index is 522. The first-order valence-electron chi connectivity index (χ1n) is 5.81. The molecule has 2 atom stereocenters. The maximum absolute atomic E-state index is 11.2. The van der Waals surface area contributed by atoms with Crippen LogP contribution in [0.4, 0.5) is 0 Å². The number of hydrogen-bond acceptors (Lipinski definition) is 3. The van der Waals surface area contributed by atoms with E-state index >= 15 is 0 Å². The fourth-order valence-corrected chi connectivity index (χ4v) is 3.14. The molecule has 0 aliphatic carbocycles. The number of benzene rings is 1. The number of rotatable bonds is 2. The summed E-state index contributed by atoms with van der Waals surface area (Å²) in [5.74, 6) is -0.504. The fourth-order valence-electron chi connectivity index (χ4n) is 2.38. The molecule has 1 aliphatic rings. The second-order valence-electron chi connectivity index (χ2n) is 4.55. The van der Waals surface area contributed by atoms with Gasteiger partial charge in [-0.25, -0.2) is 0 Å². The van der Waals surface area contributed by atoms with Gasteiger partial charge >= 0.3 is 0 Å². The number of aromatic hydroxyl groups is 1. The van der Waals surface area contributed by atoms with Crippen molar-refractivity contribution in [2.45, 2.75) is 24.8 Å². The van der Waals surface area contributed by atoms with Crippen molar-refractivity contribution in [3.8, 4) is 5.75 Å². The van der Waals surface area contributed by atoms with E-state index in [1.165, 1.54) is 6.07 Å². The molecule has 1 amide bonds. The van der Waals surface area contributed by atoms with Crippen LogP contribution < -0.4 is 11.1 Å². The van der Waals surface area contributed by atoms with Gasteiger partial charge in [0.1, 0.15) is 5.75 Å². The smallest absolute Gasteiger partial charge is 0.234 e. The lowest BCUT2D eigenvalue weighted by molar-refractivity contribution is -0.120. The zero-order chi connectivity index (χ0) is 14.2. The Hall–Kier alpha value is -0.680. The largest absolute Gasteiger partial charge is 0.508 e. The number of piperidine rings is 1. The molecule has 0 radical (unpaired) electrons. The second kappa shape index (κ2) is 5.75. The maximum Gasteiger partial charge on any atom is 0.234 e. The lowest BCUT2D eigenvalue weighted by Crippen LogP contribution is -2.46. The lowest BCUT2D eigenvalue weighted by atomic mass is 9.85. The van der Waals surface area contributed by atoms with E-state index in [-0.39, 0.29) is 26.7 Å². The molecule has 1 heterocycles. The molecular formula is C12H13Cl3N2O2. The van der Waals surface area contributed by atoms with E-state index in [4.69, 9.17) is 40.5 Å². The number of phenols is 1. The Balaban J connectivity index is 2.36. The first kappa shape index (κ1) is 14.7. The summed E-state index contributed by atoms with van der Waals surface area (Å²) in [6, 6.07) is 0.940. The molecule has 2 rings (SSSR count). The van der Waals surface area contributed by atoms with Gasteiger partial charge in [-0.3, -0.25) is 4.79 Å². The van der Waals surface area contributed by atoms with Crippen LogP contribution >= 0.6 is 34.8 Å². The molecule has 4 N–H and O–H groups in total. The molecule has 1 aromatic carbocycles. The van der Waals surface area contributed by atoms with E-state index in [9.17, 15) is 9.90 Å². The normalized spacial score (nSPS) is 23.3. The van der Waals surface area contributed by atoms with E-state index in [0.717, 1.165) is 6.42 Å². The minimum atomic E-state index is -0.427. The van der Waals surface area contributed by atoms with Gasteiger partial charge in [0, 0.05) is 11.6 Å². The predicted octanol–water partition coefficient (Wildman–Crippen LogP) is 2.67. The fraction of sp³-hybridized carbons (Fsp3) is 0.417. The molecule has 7 heteroatoms. The first-order chi connectivity index (χ1) is 8.91. The highest BCUT2D eigenvalue weighted by Crippen LogP contribution is 2.44. The van der Waals surface area contributed by atoms with E-state index < -0.39 is 11.9 Å². The molecular weight excluding hydrogens is 311 g/mol. The number of hydrogen-bond donors (Lipinski definition) is 3. The molecule has 1 aromatic rings. The molecule has 1 aliphatic heterocycles. The first-order valence-corrected chi connectivity index (χ1v) is 6.94. The van der Waals surface area contributed by atoms with E-state index in [1.54, 1.807) is 0 Å². The molecule has 1 fully saturated rings. The average molecular weight is 324 g/mol. The van der Waals surface area contributed by atoms with Crippen LogP contribution in [0.1, 0.15) is 24.3 Å². The Morgan fingerprint density at radius 2 is 2.05 bits per heavy atom. The van der Waals surface area contributed by atoms with Gasteiger partial charge in [0.2, 0.25) is 5.91 Å². The molecule has 0 aromatic heterocycles. The molecule has 19 heavy (non-hydrogen) atoms. The van der Waals surface area contributed by atoms with Crippen molar-refractivity contribution in [3.05, 3.63) is 26.7 Å². The van der Waals surface area contributed by atoms with E-state index in [0.29, 0.717) is 18.5 Å². The van der Waals surface area contributed by atoms with Gasteiger partial charge in [-0.1, -0.05) is 34.8 Å². The van der Waals surface area contributed by atoms with Crippen LogP contribution in [-0.4, -0.2) is 23.6 Å². The Labute approximate surface area is 125 Å². The zero-order valence-electron chi connectivity index (χ0n) is 9.92. The highest BCUT2D eigenvalue weighted by atomic mass is 35.5. The Kier molecular flexibility index (Phi) is 4.46. The monoisotopic (exact) mass is 322 g/mol. The summed E-state index contributed by atoms with van der Waals surface area (Å²) >= 11 is 18.0. The number of phenolic OH excluding ortho intramolecular Hbond substituents is 1. The van der Waals surface area contributed by atoms with Gasteiger partial charge in [0.15, 0.2) is 0 Å². The molecule has 0 bridgehead atoms. The maximum atomic E-state index is 11.2. The molecule has 4 nitrogen and oxygen atoms in total. The number of nitrogens with one attached hydrogen (secondary N) is 1. The number of carbonyl (C=O) groups excluding carboxylic acids is 1. The van der Waals surface area contributed by atoms with Crippen LogP contribution in [0.5, 0.6) is 5.75 Å². The summed E-state index contributed by atoms with van der Waals surface area (Å²) in [7, 11) is 0. The second-order valence-corrected chi connectivity index (χ2v) is 5.71. The number of amides is 1. The molecule has 0 saturated carbocycles. The minimum Gasteiger partial charge on any atom is -0.508 e. The minimum absolute atomic E-state index is 0.00507. The third kappa shape index (κ3) is 2.92. The van der Waals surface area contributed by atoms with Crippen molar-refractivity contribution in [2.24, 2.45) is 5.73 Å². The predicted molar refractivity (Wildman–Crippen MR) is 76.1 cm³/mol. The third-order valence-electron chi connectivity index (χ3n) is 3.33. The molecule has 0 spiro atoms. The third-order valence-corrected chi connectivity index (χ3v) is 4.61. The van der Waals surface area contributed by atoms with Crippen molar-refractivity contribution in [2.75, 3.05) is 6.54 Å². The molecule has 104 valence electrons. The van der Waals surface area contributed by atoms with Crippen molar-refractivity contribution >= 4 is 40.7 Å². The number of primary amides is 1. The van der Waals surface area contributed by atoms with Gasteiger partial charge in [-0.05, 0) is 25.3 Å². The van der Waals surface area contributed by atoms with E-state index in [2.05, 4.69) is 5.32 Å². The van der Waals surface area contributed by atoms with Crippen LogP contribution in [0.15, 0.2) is 6.07 Å². The number of halogens is 3. The van der Waals surface area contributed by atoms with Crippen LogP contribution in [0.25, 0.3) is 0 Å². The lowest BCUT2D eigenvalue weighted by Gasteiger charge is -2.30. The van der Waals surface area contributed by atoms with Crippen molar-refractivity contribution in [1.29, 1.82) is 0 Å². The van der Waals surface area contributed by atoms with Gasteiger partial charge in [0.25, 0.3) is 0 Å². The molecule has 1 unspecified atom stereocenters. The topological polar surface area (TPSA) is 75.4 Å². The average Bonchev–Trinajstić information content (AvgIpc) is 2.36. The highest BCUT2D eigenvalue weighted by Gasteiger charge is 2.30. The van der Waals surface area contributed by atoms with Crippen molar-refractivity contribution < 1.29 is 9.90 Å². The molecule has 1 saturated heterocycles. The van der Waals surface area contributed by atoms with Crippen LogP contribution in [0, 0.1) is 0 Å². The highest BCUT2D eigenvalue weighted by molar-refractivity contribution is 6.48. The van der Waals surface area contributed by atoms with Gasteiger partial charge in [-0.15, -0.1) is 0 Å². The van der Waals surface area contributed by atoms with E-state index in [1.807, 2.05) is 0 Å². The SMILES string of the molecule is NC(=O)[C@@H]1CC(c2c(O)cc(Cl)c(Cl)c2Cl)CCN1. The number of carbonyl (C=O) groups is 1. The van der Waals surface area contributed by atoms with Crippen LogP contribution in [0.2, 0.25) is 15.1 Å². The van der Waals surface area contributed by atoms with Crippen LogP contribution in [-0.2, 0) is 4.79 Å². The quantitative estimate of drug-likeness (QED) is 0.732. The zero-order valence-corrected chi connectivity index (χ0v) is 12.2. The summed E-state index contributed by atoms with van der Waals surface area (Å²) in [5.41, 5.74) is 5.82. The summed E-state index contributed by atoms with van der Waals surface area (Å²) < 4.78 is 0. The van der Waals surface area contributed by atoms with Crippen LogP contribution in [0.3, 0.4) is 0 Å².